The summed E-state index contributed by atoms with van der Waals surface area (Å²) >= 11 is 13.6. The summed E-state index contributed by atoms with van der Waals surface area (Å²) in [6.07, 6.45) is 2.60. The summed E-state index contributed by atoms with van der Waals surface area (Å²) in [6, 6.07) is 5.41. The Labute approximate surface area is 135 Å². The van der Waals surface area contributed by atoms with Gasteiger partial charge in [-0.1, -0.05) is 23.2 Å². The van der Waals surface area contributed by atoms with E-state index in [1.54, 1.807) is 18.2 Å². The number of hydrogen-bond acceptors (Lipinski definition) is 4. The van der Waals surface area contributed by atoms with E-state index in [1.807, 2.05) is 11.8 Å². The van der Waals surface area contributed by atoms with E-state index in [2.05, 4.69) is 18.5 Å². The summed E-state index contributed by atoms with van der Waals surface area (Å²) in [5.41, 5.74) is 0. The lowest BCUT2D eigenvalue weighted by atomic mass is 10.2. The molecule has 0 radical (unpaired) electrons. The number of thioether (sulfide) groups is 1. The van der Waals surface area contributed by atoms with Crippen LogP contribution in [0.5, 0.6) is 5.75 Å². The second-order valence-corrected chi connectivity index (χ2v) is 6.46. The van der Waals surface area contributed by atoms with Gasteiger partial charge in [0.25, 0.3) is 0 Å². The molecule has 0 saturated carbocycles. The number of rotatable bonds is 9. The molecule has 0 amide bonds. The molecule has 0 bridgehead atoms. The van der Waals surface area contributed by atoms with Crippen LogP contribution in [0.15, 0.2) is 18.2 Å². The van der Waals surface area contributed by atoms with Gasteiger partial charge in [0.15, 0.2) is 0 Å². The van der Waals surface area contributed by atoms with Gasteiger partial charge in [0.2, 0.25) is 0 Å². The zero-order chi connectivity index (χ0) is 15.0. The molecule has 0 aromatic heterocycles. The normalized spacial score (nSPS) is 14.1. The summed E-state index contributed by atoms with van der Waals surface area (Å²) in [5, 5.41) is 14.2. The maximum Gasteiger partial charge on any atom is 0.138 e. The van der Waals surface area contributed by atoms with Crippen molar-refractivity contribution >= 4 is 35.0 Å². The fraction of sp³-hybridized carbons (Fsp3) is 0.571. The van der Waals surface area contributed by atoms with Gasteiger partial charge in [-0.15, -0.1) is 0 Å². The number of aliphatic hydroxyl groups excluding tert-OH is 1. The zero-order valence-corrected chi connectivity index (χ0v) is 14.1. The van der Waals surface area contributed by atoms with Crippen LogP contribution in [-0.4, -0.2) is 42.4 Å². The van der Waals surface area contributed by atoms with Crippen LogP contribution in [0, 0.1) is 0 Å². The molecule has 0 saturated heterocycles. The summed E-state index contributed by atoms with van der Waals surface area (Å²) in [5.74, 6) is 1.65. The third kappa shape index (κ3) is 7.04. The SMILES string of the molecule is CSCCC(C)NCC(O)COc1ccc(Cl)cc1Cl. The van der Waals surface area contributed by atoms with Gasteiger partial charge in [-0.2, -0.15) is 11.8 Å². The van der Waals surface area contributed by atoms with Crippen molar-refractivity contribution in [2.75, 3.05) is 25.2 Å². The van der Waals surface area contributed by atoms with Gasteiger partial charge < -0.3 is 15.2 Å². The molecule has 0 aliphatic rings. The van der Waals surface area contributed by atoms with Crippen LogP contribution >= 0.6 is 35.0 Å². The number of nitrogens with one attached hydrogen (secondary N) is 1. The Kier molecular flexibility index (Phi) is 8.73. The van der Waals surface area contributed by atoms with Crippen molar-refractivity contribution < 1.29 is 9.84 Å². The Balaban J connectivity index is 2.27. The molecule has 2 N–H and O–H groups in total. The number of halogens is 2. The maximum absolute atomic E-state index is 9.87. The van der Waals surface area contributed by atoms with Crippen LogP contribution in [0.4, 0.5) is 0 Å². The van der Waals surface area contributed by atoms with Crippen molar-refractivity contribution in [3.63, 3.8) is 0 Å². The molecule has 0 aliphatic heterocycles. The smallest absolute Gasteiger partial charge is 0.138 e. The van der Waals surface area contributed by atoms with Crippen LogP contribution in [-0.2, 0) is 0 Å². The van der Waals surface area contributed by atoms with Crippen LogP contribution in [0.1, 0.15) is 13.3 Å². The summed E-state index contributed by atoms with van der Waals surface area (Å²) in [6.45, 7) is 2.81. The fourth-order valence-electron chi connectivity index (χ4n) is 1.57. The zero-order valence-electron chi connectivity index (χ0n) is 11.7. The van der Waals surface area contributed by atoms with Crippen LogP contribution in [0.2, 0.25) is 10.0 Å². The first-order chi connectivity index (χ1) is 9.52. The Bertz CT molecular complexity index is 407. The molecule has 2 unspecified atom stereocenters. The molecule has 0 spiro atoms. The Morgan fingerprint density at radius 2 is 2.15 bits per heavy atom. The van der Waals surface area contributed by atoms with E-state index in [-0.39, 0.29) is 6.61 Å². The molecule has 0 aliphatic carbocycles. The van der Waals surface area contributed by atoms with Crippen LogP contribution in [0.3, 0.4) is 0 Å². The largest absolute Gasteiger partial charge is 0.489 e. The fourth-order valence-corrected chi connectivity index (χ4v) is 2.62. The molecule has 6 heteroatoms. The van der Waals surface area contributed by atoms with Crippen molar-refractivity contribution in [1.82, 2.24) is 5.32 Å². The van der Waals surface area contributed by atoms with E-state index in [9.17, 15) is 5.11 Å². The van der Waals surface area contributed by atoms with Gasteiger partial charge in [0.1, 0.15) is 18.5 Å². The highest BCUT2D eigenvalue weighted by atomic mass is 35.5. The van der Waals surface area contributed by atoms with Crippen molar-refractivity contribution in [1.29, 1.82) is 0 Å². The predicted octanol–water partition coefficient (Wildman–Crippen LogP) is 3.46. The van der Waals surface area contributed by atoms with Crippen molar-refractivity contribution in [3.05, 3.63) is 28.2 Å². The van der Waals surface area contributed by atoms with Gasteiger partial charge >= 0.3 is 0 Å². The predicted molar refractivity (Wildman–Crippen MR) is 88.4 cm³/mol. The standard InChI is InChI=1S/C14H21Cl2NO2S/c1-10(5-6-20-2)17-8-12(18)9-19-14-4-3-11(15)7-13(14)16/h3-4,7,10,12,17-18H,5-6,8-9H2,1-2H3. The number of ether oxygens (including phenoxy) is 1. The molecular formula is C14H21Cl2NO2S. The third-order valence-electron chi connectivity index (χ3n) is 2.78. The van der Waals surface area contributed by atoms with Crippen molar-refractivity contribution in [2.24, 2.45) is 0 Å². The first-order valence-electron chi connectivity index (χ1n) is 6.51. The molecule has 114 valence electrons. The molecule has 3 nitrogen and oxygen atoms in total. The van der Waals surface area contributed by atoms with Gasteiger partial charge in [-0.25, -0.2) is 0 Å². The monoisotopic (exact) mass is 337 g/mol. The first kappa shape index (κ1) is 17.9. The van der Waals surface area contributed by atoms with E-state index < -0.39 is 6.10 Å². The maximum atomic E-state index is 9.87. The van der Waals surface area contributed by atoms with E-state index >= 15 is 0 Å². The lowest BCUT2D eigenvalue weighted by Gasteiger charge is -2.17. The molecule has 2 atom stereocenters. The van der Waals surface area contributed by atoms with Gasteiger partial charge in [0.05, 0.1) is 5.02 Å². The average Bonchev–Trinajstić information content (AvgIpc) is 2.41. The second kappa shape index (κ2) is 9.74. The lowest BCUT2D eigenvalue weighted by Crippen LogP contribution is -2.36. The summed E-state index contributed by atoms with van der Waals surface area (Å²) < 4.78 is 5.48. The number of benzene rings is 1. The van der Waals surface area contributed by atoms with Crippen molar-refractivity contribution in [3.8, 4) is 5.75 Å². The first-order valence-corrected chi connectivity index (χ1v) is 8.66. The van der Waals surface area contributed by atoms with Crippen LogP contribution in [0.25, 0.3) is 0 Å². The quantitative estimate of drug-likeness (QED) is 0.724. The molecule has 20 heavy (non-hydrogen) atoms. The topological polar surface area (TPSA) is 41.5 Å². The number of aliphatic hydroxyl groups is 1. The molecule has 0 fully saturated rings. The minimum absolute atomic E-state index is 0.198. The second-order valence-electron chi connectivity index (χ2n) is 4.63. The average molecular weight is 338 g/mol. The highest BCUT2D eigenvalue weighted by Gasteiger charge is 2.09. The van der Waals surface area contributed by atoms with E-state index in [4.69, 9.17) is 27.9 Å². The Hall–Kier alpha value is -0.130. The summed E-state index contributed by atoms with van der Waals surface area (Å²) in [4.78, 5) is 0. The molecule has 1 aromatic rings. The van der Waals surface area contributed by atoms with Gasteiger partial charge in [-0.05, 0) is 43.6 Å². The number of hydrogen-bond donors (Lipinski definition) is 2. The highest BCUT2D eigenvalue weighted by Crippen LogP contribution is 2.27. The molecule has 0 heterocycles. The Morgan fingerprint density at radius 3 is 2.80 bits per heavy atom. The third-order valence-corrected chi connectivity index (χ3v) is 3.96. The minimum atomic E-state index is -0.571. The van der Waals surface area contributed by atoms with E-state index in [0.717, 1.165) is 12.2 Å². The molecule has 1 aromatic carbocycles. The molecular weight excluding hydrogens is 317 g/mol. The van der Waals surface area contributed by atoms with Crippen molar-refractivity contribution in [2.45, 2.75) is 25.5 Å². The van der Waals surface area contributed by atoms with Crippen LogP contribution < -0.4 is 10.1 Å². The van der Waals surface area contributed by atoms with E-state index in [1.165, 1.54) is 0 Å². The lowest BCUT2D eigenvalue weighted by molar-refractivity contribution is 0.104. The molecule has 1 rings (SSSR count). The van der Waals surface area contributed by atoms with Gasteiger partial charge in [-0.3, -0.25) is 0 Å². The highest BCUT2D eigenvalue weighted by molar-refractivity contribution is 7.98. The Morgan fingerprint density at radius 1 is 1.40 bits per heavy atom. The van der Waals surface area contributed by atoms with E-state index in [0.29, 0.717) is 28.4 Å². The minimum Gasteiger partial charge on any atom is -0.489 e. The summed E-state index contributed by atoms with van der Waals surface area (Å²) in [7, 11) is 0. The van der Waals surface area contributed by atoms with Gasteiger partial charge in [0, 0.05) is 17.6 Å².